The van der Waals surface area contributed by atoms with Crippen molar-refractivity contribution in [3.05, 3.63) is 65.5 Å². The minimum Gasteiger partial charge on any atom is -0.322 e. The number of anilines is 1. The summed E-state index contributed by atoms with van der Waals surface area (Å²) in [6.45, 7) is 1.96. The third kappa shape index (κ3) is 4.17. The van der Waals surface area contributed by atoms with Gasteiger partial charge >= 0.3 is 0 Å². The Morgan fingerprint density at radius 1 is 1.15 bits per heavy atom. The smallest absolute Gasteiger partial charge is 0.255 e. The maximum absolute atomic E-state index is 12.6. The van der Waals surface area contributed by atoms with Crippen molar-refractivity contribution in [1.29, 1.82) is 0 Å². The van der Waals surface area contributed by atoms with Crippen molar-refractivity contribution in [2.75, 3.05) is 16.8 Å². The molecule has 27 heavy (non-hydrogen) atoms. The number of aryl methyl sites for hydroxylation is 1. The van der Waals surface area contributed by atoms with Gasteiger partial charge in [-0.05, 0) is 76.7 Å². The second-order valence-electron chi connectivity index (χ2n) is 6.26. The average Bonchev–Trinajstić information content (AvgIpc) is 3.23. The topological polar surface area (TPSA) is 72.7 Å². The van der Waals surface area contributed by atoms with E-state index >= 15 is 0 Å². The molecule has 1 amide bonds. The minimum absolute atomic E-state index is 0.111. The molecule has 1 aliphatic heterocycles. The molecule has 0 radical (unpaired) electrons. The van der Waals surface area contributed by atoms with E-state index in [2.05, 4.69) is 33.0 Å². The first-order chi connectivity index (χ1) is 13.2. The van der Waals surface area contributed by atoms with Crippen LogP contribution in [0, 0.1) is 6.92 Å². The van der Waals surface area contributed by atoms with Gasteiger partial charge in [0.05, 0.1) is 10.3 Å². The van der Waals surface area contributed by atoms with Gasteiger partial charge in [-0.25, -0.2) is 4.68 Å². The number of benzene rings is 2. The van der Waals surface area contributed by atoms with Crippen molar-refractivity contribution in [3.63, 3.8) is 0 Å². The van der Waals surface area contributed by atoms with Crippen molar-refractivity contribution in [3.8, 4) is 5.69 Å². The summed E-state index contributed by atoms with van der Waals surface area (Å²) in [6, 6.07) is 13.6. The zero-order chi connectivity index (χ0) is 18.6. The Morgan fingerprint density at radius 2 is 1.93 bits per heavy atom. The van der Waals surface area contributed by atoms with E-state index in [0.29, 0.717) is 10.1 Å². The summed E-state index contributed by atoms with van der Waals surface area (Å²) in [7, 11) is 0. The number of nitrogens with zero attached hydrogens (tertiary/aromatic N) is 4. The number of hydrogen-bond acceptors (Lipinski definition) is 6. The van der Waals surface area contributed by atoms with Crippen LogP contribution in [0.2, 0.25) is 0 Å². The van der Waals surface area contributed by atoms with Gasteiger partial charge in [-0.3, -0.25) is 4.79 Å². The lowest BCUT2D eigenvalue weighted by Crippen LogP contribution is -2.12. The highest BCUT2D eigenvalue weighted by Crippen LogP contribution is 2.43. The van der Waals surface area contributed by atoms with Gasteiger partial charge < -0.3 is 5.32 Å². The molecule has 8 heteroatoms. The molecule has 2 aromatic carbocycles. The number of nitrogens with one attached hydrogen (secondary N) is 1. The predicted molar refractivity (Wildman–Crippen MR) is 111 cm³/mol. The lowest BCUT2D eigenvalue weighted by atomic mass is 10.1. The van der Waals surface area contributed by atoms with Crippen LogP contribution in [-0.4, -0.2) is 37.6 Å². The average molecular weight is 398 g/mol. The fourth-order valence-corrected chi connectivity index (χ4v) is 5.83. The van der Waals surface area contributed by atoms with Gasteiger partial charge in [0, 0.05) is 11.3 Å². The van der Waals surface area contributed by atoms with Crippen LogP contribution in [0.3, 0.4) is 0 Å². The molecular formula is C19H19N5OS2. The fraction of sp³-hybridized carbons (Fsp3) is 0.263. The van der Waals surface area contributed by atoms with Gasteiger partial charge in [-0.1, -0.05) is 12.1 Å². The molecule has 0 bridgehead atoms. The number of carbonyl (C=O) groups excluding carboxylic acids is 1. The molecule has 3 aromatic rings. The molecule has 1 aromatic heterocycles. The molecular weight excluding hydrogens is 378 g/mol. The van der Waals surface area contributed by atoms with E-state index in [4.69, 9.17) is 0 Å². The van der Waals surface area contributed by atoms with Crippen LogP contribution in [-0.2, 0) is 0 Å². The van der Waals surface area contributed by atoms with Crippen molar-refractivity contribution in [1.82, 2.24) is 20.2 Å². The largest absolute Gasteiger partial charge is 0.322 e. The maximum Gasteiger partial charge on any atom is 0.255 e. The van der Waals surface area contributed by atoms with Gasteiger partial charge in [-0.15, -0.1) is 28.6 Å². The van der Waals surface area contributed by atoms with Crippen LogP contribution in [0.4, 0.5) is 5.69 Å². The summed E-state index contributed by atoms with van der Waals surface area (Å²) in [4.78, 5) is 12.6. The monoisotopic (exact) mass is 397 g/mol. The van der Waals surface area contributed by atoms with Gasteiger partial charge in [-0.2, -0.15) is 0 Å². The van der Waals surface area contributed by atoms with Gasteiger partial charge in [0.15, 0.2) is 0 Å². The zero-order valence-corrected chi connectivity index (χ0v) is 16.5. The van der Waals surface area contributed by atoms with Crippen molar-refractivity contribution >= 4 is 35.1 Å². The first kappa shape index (κ1) is 18.1. The molecule has 1 fully saturated rings. The van der Waals surface area contributed by atoms with Crippen molar-refractivity contribution < 1.29 is 4.79 Å². The zero-order valence-electron chi connectivity index (χ0n) is 14.8. The number of thioether (sulfide) groups is 2. The standard InChI is InChI=1S/C19H19N5OS2/c1-13-11-16(7-8-17(13)24-12-20-22-23-24)21-18(25)14-3-5-15(6-4-14)19-26-9-2-10-27-19/h3-8,11-12,19H,2,9-10H2,1H3,(H,21,25). The maximum atomic E-state index is 12.6. The van der Waals surface area contributed by atoms with Crippen molar-refractivity contribution in [2.45, 2.75) is 17.9 Å². The van der Waals surface area contributed by atoms with E-state index in [1.165, 1.54) is 23.5 Å². The van der Waals surface area contributed by atoms with Gasteiger partial charge in [0.25, 0.3) is 5.91 Å². The molecule has 1 N–H and O–H groups in total. The second-order valence-corrected chi connectivity index (χ2v) is 8.98. The first-order valence-electron chi connectivity index (χ1n) is 8.69. The van der Waals surface area contributed by atoms with E-state index in [-0.39, 0.29) is 5.91 Å². The lowest BCUT2D eigenvalue weighted by Gasteiger charge is -2.21. The molecule has 0 saturated carbocycles. The quantitative estimate of drug-likeness (QED) is 0.715. The van der Waals surface area contributed by atoms with E-state index in [1.54, 1.807) is 11.0 Å². The Kier molecular flexibility index (Phi) is 5.45. The third-order valence-electron chi connectivity index (χ3n) is 4.32. The molecule has 0 aliphatic carbocycles. The van der Waals surface area contributed by atoms with Crippen LogP contribution < -0.4 is 5.32 Å². The van der Waals surface area contributed by atoms with Gasteiger partial charge in [0.2, 0.25) is 0 Å². The normalized spacial score (nSPS) is 14.9. The van der Waals surface area contributed by atoms with Crippen LogP contribution >= 0.6 is 23.5 Å². The Balaban J connectivity index is 1.45. The lowest BCUT2D eigenvalue weighted by molar-refractivity contribution is 0.102. The Hall–Kier alpha value is -2.32. The number of hydrogen-bond donors (Lipinski definition) is 1. The number of rotatable bonds is 4. The molecule has 1 aliphatic rings. The molecule has 1 saturated heterocycles. The second kappa shape index (κ2) is 8.14. The van der Waals surface area contributed by atoms with Crippen LogP contribution in [0.1, 0.15) is 32.5 Å². The number of tetrazole rings is 1. The fourth-order valence-electron chi connectivity index (χ4n) is 2.94. The number of aromatic nitrogens is 4. The highest BCUT2D eigenvalue weighted by molar-refractivity contribution is 8.16. The predicted octanol–water partition coefficient (Wildman–Crippen LogP) is 4.09. The Morgan fingerprint density at radius 3 is 2.59 bits per heavy atom. The third-order valence-corrected chi connectivity index (χ3v) is 7.34. The summed E-state index contributed by atoms with van der Waals surface area (Å²) in [5, 5.41) is 14.2. The Labute approximate surface area is 166 Å². The van der Waals surface area contributed by atoms with E-state index < -0.39 is 0 Å². The highest BCUT2D eigenvalue weighted by Gasteiger charge is 2.17. The summed E-state index contributed by atoms with van der Waals surface area (Å²) in [6.07, 6.45) is 2.82. The number of carbonyl (C=O) groups is 1. The molecule has 0 atom stereocenters. The highest BCUT2D eigenvalue weighted by atomic mass is 32.2. The van der Waals surface area contributed by atoms with E-state index in [1.807, 2.05) is 60.8 Å². The van der Waals surface area contributed by atoms with Crippen LogP contribution in [0.15, 0.2) is 48.8 Å². The molecule has 2 heterocycles. The molecule has 0 spiro atoms. The van der Waals surface area contributed by atoms with Crippen LogP contribution in [0.5, 0.6) is 0 Å². The van der Waals surface area contributed by atoms with Crippen LogP contribution in [0.25, 0.3) is 5.69 Å². The Bertz CT molecular complexity index is 922. The van der Waals surface area contributed by atoms with E-state index in [9.17, 15) is 4.79 Å². The molecule has 0 unspecified atom stereocenters. The van der Waals surface area contributed by atoms with E-state index in [0.717, 1.165) is 16.9 Å². The molecule has 6 nitrogen and oxygen atoms in total. The summed E-state index contributed by atoms with van der Waals surface area (Å²) in [5.41, 5.74) is 4.54. The summed E-state index contributed by atoms with van der Waals surface area (Å²) >= 11 is 3.96. The molecule has 138 valence electrons. The number of amides is 1. The SMILES string of the molecule is Cc1cc(NC(=O)c2ccc(C3SCCCS3)cc2)ccc1-n1cnnn1. The summed E-state index contributed by atoms with van der Waals surface area (Å²) < 4.78 is 2.08. The minimum atomic E-state index is -0.111. The summed E-state index contributed by atoms with van der Waals surface area (Å²) in [5.74, 6) is 2.31. The first-order valence-corrected chi connectivity index (χ1v) is 10.8. The molecule has 4 rings (SSSR count). The van der Waals surface area contributed by atoms with Crippen molar-refractivity contribution in [2.24, 2.45) is 0 Å². The van der Waals surface area contributed by atoms with Gasteiger partial charge in [0.1, 0.15) is 6.33 Å².